The van der Waals surface area contributed by atoms with Crippen molar-refractivity contribution in [2.75, 3.05) is 23.7 Å². The highest BCUT2D eigenvalue weighted by atomic mass is 35.5. The summed E-state index contributed by atoms with van der Waals surface area (Å²) in [5.41, 5.74) is 3.40. The third kappa shape index (κ3) is 7.89. The van der Waals surface area contributed by atoms with Gasteiger partial charge < -0.3 is 9.64 Å². The van der Waals surface area contributed by atoms with Crippen molar-refractivity contribution in [3.8, 4) is 5.75 Å². The number of carbonyl (C=O) groups excluding carboxylic acids is 1. The van der Waals surface area contributed by atoms with E-state index >= 15 is 0 Å². The molecule has 2 aromatic carbocycles. The van der Waals surface area contributed by atoms with E-state index in [1.807, 2.05) is 24.3 Å². The first kappa shape index (κ1) is 29.2. The molecule has 0 radical (unpaired) electrons. The van der Waals surface area contributed by atoms with E-state index < -0.39 is 15.9 Å². The molecule has 0 spiro atoms. The number of sulfonamides is 1. The Labute approximate surface area is 238 Å². The molecule has 1 heterocycles. The van der Waals surface area contributed by atoms with Crippen LogP contribution >= 0.6 is 11.6 Å². The van der Waals surface area contributed by atoms with Crippen molar-refractivity contribution in [2.24, 2.45) is 11.8 Å². The van der Waals surface area contributed by atoms with Crippen LogP contribution in [0, 0.1) is 11.8 Å². The van der Waals surface area contributed by atoms with E-state index in [-0.39, 0.29) is 5.75 Å². The van der Waals surface area contributed by atoms with Gasteiger partial charge in [-0.25, -0.2) is 13.1 Å². The molecular weight excluding hydrogens is 532 g/mol. The number of hydrogen-bond donors (Lipinski definition) is 1. The molecule has 39 heavy (non-hydrogen) atoms. The van der Waals surface area contributed by atoms with Gasteiger partial charge >= 0.3 is 0 Å². The summed E-state index contributed by atoms with van der Waals surface area (Å²) in [5.74, 6) is 0.932. The van der Waals surface area contributed by atoms with Gasteiger partial charge in [-0.3, -0.25) is 4.79 Å². The van der Waals surface area contributed by atoms with Gasteiger partial charge in [0.25, 0.3) is 5.91 Å². The number of fused-ring (bicyclic) bond motifs is 2. The van der Waals surface area contributed by atoms with Crippen LogP contribution in [0.5, 0.6) is 5.75 Å². The SMILES string of the molecule is C=CCCCCS(=O)(=O)NC(=O)c1ccc2c(c1)N(C[C@@H]1CC[C@H]1C=C)CCCCc1cc(Cl)ccc1CO2. The molecule has 2 aromatic rings. The zero-order chi connectivity index (χ0) is 27.8. The first-order valence-electron chi connectivity index (χ1n) is 13.9. The monoisotopic (exact) mass is 570 g/mol. The first-order chi connectivity index (χ1) is 18.8. The van der Waals surface area contributed by atoms with Gasteiger partial charge in [-0.15, -0.1) is 13.2 Å². The second-order valence-corrected chi connectivity index (χ2v) is 12.8. The normalized spacial score (nSPS) is 19.4. The topological polar surface area (TPSA) is 75.7 Å². The molecular formula is C31H39ClN2O4S. The predicted octanol–water partition coefficient (Wildman–Crippen LogP) is 6.69. The van der Waals surface area contributed by atoms with Gasteiger partial charge in [0.15, 0.2) is 0 Å². The third-order valence-electron chi connectivity index (χ3n) is 7.79. The van der Waals surface area contributed by atoms with Crippen LogP contribution in [0.25, 0.3) is 0 Å². The summed E-state index contributed by atoms with van der Waals surface area (Å²) in [5, 5.41) is 0.720. The van der Waals surface area contributed by atoms with Crippen LogP contribution in [0.2, 0.25) is 5.02 Å². The molecule has 1 saturated carbocycles. The van der Waals surface area contributed by atoms with E-state index in [2.05, 4.69) is 22.8 Å². The van der Waals surface area contributed by atoms with Crippen molar-refractivity contribution in [1.82, 2.24) is 4.72 Å². The summed E-state index contributed by atoms with van der Waals surface area (Å²) in [6.07, 6.45) is 10.9. The summed E-state index contributed by atoms with van der Waals surface area (Å²) in [6.45, 7) is 9.69. The Hall–Kier alpha value is -2.77. The molecule has 6 nitrogen and oxygen atoms in total. The summed E-state index contributed by atoms with van der Waals surface area (Å²) >= 11 is 6.28. The lowest BCUT2D eigenvalue weighted by Gasteiger charge is -2.39. The van der Waals surface area contributed by atoms with Crippen LogP contribution in [0.3, 0.4) is 0 Å². The molecule has 0 aromatic heterocycles. The molecule has 210 valence electrons. The van der Waals surface area contributed by atoms with Gasteiger partial charge in [0.1, 0.15) is 12.4 Å². The minimum absolute atomic E-state index is 0.0964. The largest absolute Gasteiger partial charge is 0.487 e. The Kier molecular flexibility index (Phi) is 10.1. The van der Waals surface area contributed by atoms with Gasteiger partial charge in [0.2, 0.25) is 10.0 Å². The van der Waals surface area contributed by atoms with Crippen molar-refractivity contribution in [2.45, 2.75) is 58.0 Å². The quantitative estimate of drug-likeness (QED) is 0.254. The first-order valence-corrected chi connectivity index (χ1v) is 15.9. The fourth-order valence-corrected chi connectivity index (χ4v) is 6.61. The summed E-state index contributed by atoms with van der Waals surface area (Å²) < 4.78 is 33.7. The number of aryl methyl sites for hydroxylation is 1. The average Bonchev–Trinajstić information content (AvgIpc) is 2.92. The number of nitrogens with one attached hydrogen (secondary N) is 1. The number of ether oxygens (including phenoxy) is 1. The number of hydrogen-bond acceptors (Lipinski definition) is 5. The fraction of sp³-hybridized carbons (Fsp3) is 0.452. The molecule has 1 amide bonds. The summed E-state index contributed by atoms with van der Waals surface area (Å²) in [6, 6.07) is 11.1. The zero-order valence-corrected chi connectivity index (χ0v) is 24.1. The Bertz CT molecular complexity index is 1290. The second-order valence-electron chi connectivity index (χ2n) is 10.6. The second kappa shape index (κ2) is 13.5. The predicted molar refractivity (Wildman–Crippen MR) is 159 cm³/mol. The molecule has 0 saturated heterocycles. The molecule has 8 heteroatoms. The lowest BCUT2D eigenvalue weighted by molar-refractivity contribution is 0.0981. The number of halogens is 1. The van der Waals surface area contributed by atoms with E-state index in [1.165, 1.54) is 5.56 Å². The smallest absolute Gasteiger partial charge is 0.264 e. The van der Waals surface area contributed by atoms with Gasteiger partial charge in [-0.2, -0.15) is 0 Å². The van der Waals surface area contributed by atoms with Crippen LogP contribution < -0.4 is 14.4 Å². The molecule has 2 aliphatic rings. The van der Waals surface area contributed by atoms with E-state index in [4.69, 9.17) is 16.3 Å². The standard InChI is InChI=1S/C31H39ClN2O4S/c1-3-5-6-9-18-39(36,37)33-31(35)25-14-16-30-29(20-25)34(21-26-12-11-23(26)4-2)17-8-7-10-24-19-28(32)15-13-27(24)22-38-30/h3-4,13-16,19-20,23,26H,1-2,5-12,17-18,21-22H2,(H,33,35)/t23-,26+/m1/s1. The molecule has 0 unspecified atom stereocenters. The zero-order valence-electron chi connectivity index (χ0n) is 22.5. The Morgan fingerprint density at radius 2 is 1.95 bits per heavy atom. The number of rotatable bonds is 10. The van der Waals surface area contributed by atoms with Crippen LogP contribution in [-0.4, -0.2) is 33.2 Å². The number of amides is 1. The number of benzene rings is 2. The maximum absolute atomic E-state index is 13.1. The average molecular weight is 571 g/mol. The molecule has 1 aliphatic carbocycles. The lowest BCUT2D eigenvalue weighted by atomic mass is 9.73. The van der Waals surface area contributed by atoms with Gasteiger partial charge in [0.05, 0.1) is 11.4 Å². The number of unbranched alkanes of at least 4 members (excludes halogenated alkanes) is 2. The van der Waals surface area contributed by atoms with Crippen molar-refractivity contribution in [3.05, 3.63) is 83.4 Å². The summed E-state index contributed by atoms with van der Waals surface area (Å²) in [7, 11) is -3.73. The van der Waals surface area contributed by atoms with Crippen molar-refractivity contribution in [1.29, 1.82) is 0 Å². The fourth-order valence-electron chi connectivity index (χ4n) is 5.33. The number of carbonyl (C=O) groups is 1. The van der Waals surface area contributed by atoms with Gasteiger partial charge in [-0.05, 0) is 105 Å². The Balaban J connectivity index is 1.60. The minimum Gasteiger partial charge on any atom is -0.487 e. The third-order valence-corrected chi connectivity index (χ3v) is 9.35. The van der Waals surface area contributed by atoms with Crippen LogP contribution in [-0.2, 0) is 23.1 Å². The lowest BCUT2D eigenvalue weighted by Crippen LogP contribution is -2.38. The molecule has 4 rings (SSSR count). The van der Waals surface area contributed by atoms with Gasteiger partial charge in [-0.1, -0.05) is 29.8 Å². The van der Waals surface area contributed by atoms with E-state index in [1.54, 1.807) is 24.3 Å². The number of allylic oxidation sites excluding steroid dienone is 2. The van der Waals surface area contributed by atoms with Crippen LogP contribution in [0.15, 0.2) is 61.7 Å². The maximum Gasteiger partial charge on any atom is 0.264 e. The molecule has 1 fully saturated rings. The molecule has 1 aliphatic heterocycles. The highest BCUT2D eigenvalue weighted by Crippen LogP contribution is 2.39. The van der Waals surface area contributed by atoms with Crippen molar-refractivity contribution < 1.29 is 17.9 Å². The molecule has 2 atom stereocenters. The number of nitrogens with zero attached hydrogens (tertiary/aromatic N) is 1. The number of anilines is 1. The molecule has 1 N–H and O–H groups in total. The highest BCUT2D eigenvalue weighted by molar-refractivity contribution is 7.90. The van der Waals surface area contributed by atoms with E-state index in [0.717, 1.165) is 67.9 Å². The van der Waals surface area contributed by atoms with E-state index in [0.29, 0.717) is 42.6 Å². The Morgan fingerprint density at radius 1 is 1.10 bits per heavy atom. The van der Waals surface area contributed by atoms with Crippen LogP contribution in [0.1, 0.15) is 66.4 Å². The van der Waals surface area contributed by atoms with E-state index in [9.17, 15) is 13.2 Å². The van der Waals surface area contributed by atoms with Gasteiger partial charge in [0, 0.05) is 23.7 Å². The minimum atomic E-state index is -3.73. The Morgan fingerprint density at radius 3 is 2.69 bits per heavy atom. The highest BCUT2D eigenvalue weighted by Gasteiger charge is 2.31. The summed E-state index contributed by atoms with van der Waals surface area (Å²) in [4.78, 5) is 15.4. The maximum atomic E-state index is 13.1. The van der Waals surface area contributed by atoms with Crippen molar-refractivity contribution in [3.63, 3.8) is 0 Å². The van der Waals surface area contributed by atoms with Crippen LogP contribution in [0.4, 0.5) is 5.69 Å². The molecule has 0 bridgehead atoms. The van der Waals surface area contributed by atoms with Crippen molar-refractivity contribution >= 4 is 33.2 Å².